The molecule has 2 nitrogen and oxygen atoms in total. The van der Waals surface area contributed by atoms with Gasteiger partial charge in [-0.3, -0.25) is 0 Å². The van der Waals surface area contributed by atoms with E-state index in [4.69, 9.17) is 12.2 Å². The van der Waals surface area contributed by atoms with Gasteiger partial charge in [0, 0.05) is 5.56 Å². The quantitative estimate of drug-likeness (QED) is 0.596. The molecule has 3 aromatic rings. The van der Waals surface area contributed by atoms with Gasteiger partial charge in [-0.2, -0.15) is 0 Å². The number of aromatic hydroxyl groups is 1. The molecule has 0 spiro atoms. The average molecular weight is 344 g/mol. The molecule has 0 aliphatic heterocycles. The Kier molecular flexibility index (Phi) is 4.07. The minimum Gasteiger partial charge on any atom is -0.507 e. The molecule has 0 fully saturated rings. The molecule has 2 aromatic carbocycles. The molecule has 1 heterocycles. The van der Waals surface area contributed by atoms with Crippen molar-refractivity contribution in [3.8, 4) is 5.75 Å². The number of aryl methyl sites for hydroxylation is 1. The second kappa shape index (κ2) is 5.77. The zero-order valence-electron chi connectivity index (χ0n) is 13.9. The van der Waals surface area contributed by atoms with E-state index in [0.29, 0.717) is 12.3 Å². The number of phenols is 1. The molecule has 1 N–H and O–H groups in total. The molecule has 0 atom stereocenters. The molecular formula is C19H21NOS2. The zero-order chi connectivity index (χ0) is 16.8. The maximum absolute atomic E-state index is 10.8. The summed E-state index contributed by atoms with van der Waals surface area (Å²) in [7, 11) is 0. The van der Waals surface area contributed by atoms with Crippen LogP contribution < -0.4 is 0 Å². The highest BCUT2D eigenvalue weighted by atomic mass is 32.1. The van der Waals surface area contributed by atoms with Gasteiger partial charge in [-0.05, 0) is 42.3 Å². The smallest absolute Gasteiger partial charge is 0.162 e. The number of hydrogen-bond acceptors (Lipinski definition) is 3. The fourth-order valence-corrected chi connectivity index (χ4v) is 4.20. The largest absolute Gasteiger partial charge is 0.507 e. The maximum Gasteiger partial charge on any atom is 0.162 e. The van der Waals surface area contributed by atoms with Gasteiger partial charge < -0.3 is 9.67 Å². The van der Waals surface area contributed by atoms with Crippen molar-refractivity contribution in [3.05, 3.63) is 57.0 Å². The van der Waals surface area contributed by atoms with Crippen LogP contribution in [-0.4, -0.2) is 9.67 Å². The molecule has 0 saturated carbocycles. The Balaban J connectivity index is 2.15. The van der Waals surface area contributed by atoms with Crippen molar-refractivity contribution in [1.82, 2.24) is 4.57 Å². The zero-order valence-corrected chi connectivity index (χ0v) is 15.5. The lowest BCUT2D eigenvalue weighted by Gasteiger charge is -2.23. The minimum absolute atomic E-state index is 0.0942. The van der Waals surface area contributed by atoms with Crippen LogP contribution in [0, 0.1) is 10.9 Å². The van der Waals surface area contributed by atoms with E-state index >= 15 is 0 Å². The molecule has 1 aromatic heterocycles. The summed E-state index contributed by atoms with van der Waals surface area (Å²) in [6.45, 7) is 9.04. The van der Waals surface area contributed by atoms with E-state index in [2.05, 4.69) is 56.5 Å². The molecular weight excluding hydrogens is 322 g/mol. The molecule has 23 heavy (non-hydrogen) atoms. The summed E-state index contributed by atoms with van der Waals surface area (Å²) >= 11 is 7.15. The van der Waals surface area contributed by atoms with Gasteiger partial charge >= 0.3 is 0 Å². The van der Waals surface area contributed by atoms with Crippen molar-refractivity contribution in [1.29, 1.82) is 0 Å². The molecule has 0 radical (unpaired) electrons. The van der Waals surface area contributed by atoms with E-state index in [1.165, 1.54) is 4.70 Å². The van der Waals surface area contributed by atoms with Crippen molar-refractivity contribution >= 4 is 33.8 Å². The average Bonchev–Trinajstić information content (AvgIpc) is 2.77. The van der Waals surface area contributed by atoms with Crippen molar-refractivity contribution in [2.45, 2.75) is 39.7 Å². The Labute approximate surface area is 146 Å². The first kappa shape index (κ1) is 16.2. The first-order valence-electron chi connectivity index (χ1n) is 7.69. The Hall–Kier alpha value is -1.65. The fourth-order valence-electron chi connectivity index (χ4n) is 2.88. The van der Waals surface area contributed by atoms with Gasteiger partial charge in [-0.1, -0.05) is 50.6 Å². The number of rotatable bonds is 2. The number of phenolic OH excluding ortho intramolecular Hbond substituents is 1. The minimum atomic E-state index is -0.0942. The number of aromatic nitrogens is 1. The van der Waals surface area contributed by atoms with E-state index < -0.39 is 0 Å². The summed E-state index contributed by atoms with van der Waals surface area (Å²) in [5.74, 6) is 0.389. The van der Waals surface area contributed by atoms with Crippen LogP contribution in [0.25, 0.3) is 10.2 Å². The lowest BCUT2D eigenvalue weighted by Crippen LogP contribution is -2.13. The van der Waals surface area contributed by atoms with E-state index in [1.807, 2.05) is 12.1 Å². The molecule has 0 amide bonds. The highest BCUT2D eigenvalue weighted by Gasteiger charge is 2.21. The lowest BCUT2D eigenvalue weighted by atomic mass is 9.84. The Morgan fingerprint density at radius 3 is 2.57 bits per heavy atom. The van der Waals surface area contributed by atoms with Crippen LogP contribution in [0.2, 0.25) is 0 Å². The molecule has 0 aliphatic carbocycles. The van der Waals surface area contributed by atoms with E-state index in [9.17, 15) is 5.11 Å². The molecule has 0 saturated heterocycles. The van der Waals surface area contributed by atoms with Gasteiger partial charge in [-0.25, -0.2) is 0 Å². The molecule has 120 valence electrons. The predicted octanol–water partition coefficient (Wildman–Crippen LogP) is 5.79. The third kappa shape index (κ3) is 3.06. The normalized spacial score (nSPS) is 12.0. The number of thiazole rings is 1. The Morgan fingerprint density at radius 2 is 1.87 bits per heavy atom. The van der Waals surface area contributed by atoms with Gasteiger partial charge in [0.15, 0.2) is 3.95 Å². The summed E-state index contributed by atoms with van der Waals surface area (Å²) in [6, 6.07) is 12.3. The first-order chi connectivity index (χ1) is 10.8. The summed E-state index contributed by atoms with van der Waals surface area (Å²) in [4.78, 5) is 0. The number of hydrogen-bond donors (Lipinski definition) is 1. The van der Waals surface area contributed by atoms with Crippen LogP contribution in [0.3, 0.4) is 0 Å². The number of benzene rings is 2. The summed E-state index contributed by atoms with van der Waals surface area (Å²) in [5.41, 5.74) is 4.10. The maximum atomic E-state index is 10.8. The number of nitrogens with zero attached hydrogens (tertiary/aromatic N) is 1. The highest BCUT2D eigenvalue weighted by Crippen LogP contribution is 2.35. The van der Waals surface area contributed by atoms with E-state index in [0.717, 1.165) is 26.2 Å². The topological polar surface area (TPSA) is 25.2 Å². The molecule has 0 unspecified atom stereocenters. The summed E-state index contributed by atoms with van der Waals surface area (Å²) in [6.07, 6.45) is 0. The van der Waals surface area contributed by atoms with Gasteiger partial charge in [0.1, 0.15) is 5.75 Å². The van der Waals surface area contributed by atoms with Crippen molar-refractivity contribution in [2.75, 3.05) is 0 Å². The van der Waals surface area contributed by atoms with Gasteiger partial charge in [0.05, 0.1) is 16.8 Å². The second-order valence-electron chi connectivity index (χ2n) is 6.99. The van der Waals surface area contributed by atoms with E-state index in [1.54, 1.807) is 11.3 Å². The lowest BCUT2D eigenvalue weighted by molar-refractivity contribution is 0.438. The third-order valence-electron chi connectivity index (χ3n) is 4.04. The first-order valence-corrected chi connectivity index (χ1v) is 8.91. The van der Waals surface area contributed by atoms with Crippen molar-refractivity contribution in [3.63, 3.8) is 0 Å². The second-order valence-corrected chi connectivity index (χ2v) is 8.67. The third-order valence-corrected chi connectivity index (χ3v) is 5.47. The predicted molar refractivity (Wildman–Crippen MR) is 101 cm³/mol. The van der Waals surface area contributed by atoms with Crippen LogP contribution in [-0.2, 0) is 12.0 Å². The van der Waals surface area contributed by atoms with Crippen LogP contribution in [0.1, 0.15) is 37.5 Å². The number of para-hydroxylation sites is 1. The highest BCUT2D eigenvalue weighted by molar-refractivity contribution is 7.73. The SMILES string of the molecule is Cc1cc(Cn2c(=S)sc3ccccc32)c(O)c(C(C)(C)C)c1. The van der Waals surface area contributed by atoms with Gasteiger partial charge in [-0.15, -0.1) is 11.3 Å². The molecule has 3 rings (SSSR count). The summed E-state index contributed by atoms with van der Waals surface area (Å²) in [5, 5.41) is 10.8. The monoisotopic (exact) mass is 343 g/mol. The molecule has 0 bridgehead atoms. The Morgan fingerprint density at radius 1 is 1.17 bits per heavy atom. The number of fused-ring (bicyclic) bond motifs is 1. The molecule has 0 aliphatic rings. The van der Waals surface area contributed by atoms with Gasteiger partial charge in [0.2, 0.25) is 0 Å². The standard InChI is InChI=1S/C19H21NOS2/c1-12-9-13(17(21)14(10-12)19(2,3)4)11-20-15-7-5-6-8-16(15)23-18(20)22/h5-10,21H,11H2,1-4H3. The van der Waals surface area contributed by atoms with Crippen LogP contribution in [0.15, 0.2) is 36.4 Å². The fraction of sp³-hybridized carbons (Fsp3) is 0.316. The van der Waals surface area contributed by atoms with Crippen LogP contribution >= 0.6 is 23.6 Å². The van der Waals surface area contributed by atoms with E-state index in [-0.39, 0.29) is 5.41 Å². The summed E-state index contributed by atoms with van der Waals surface area (Å²) < 4.78 is 4.13. The van der Waals surface area contributed by atoms with Crippen molar-refractivity contribution < 1.29 is 5.11 Å². The van der Waals surface area contributed by atoms with Crippen LogP contribution in [0.5, 0.6) is 5.75 Å². The van der Waals surface area contributed by atoms with Crippen LogP contribution in [0.4, 0.5) is 0 Å². The Bertz CT molecular complexity index is 929. The van der Waals surface area contributed by atoms with Gasteiger partial charge in [0.25, 0.3) is 0 Å². The van der Waals surface area contributed by atoms with Crippen molar-refractivity contribution in [2.24, 2.45) is 0 Å². The molecule has 4 heteroatoms.